The Kier molecular flexibility index (Phi) is 4.69. The monoisotopic (exact) mass is 341 g/mol. The molecular weight excluding hydrogens is 318 g/mol. The summed E-state index contributed by atoms with van der Waals surface area (Å²) < 4.78 is 0.796. The third kappa shape index (κ3) is 3.70. The third-order valence-electron chi connectivity index (χ3n) is 4.01. The zero-order valence-electron chi connectivity index (χ0n) is 12.5. The highest BCUT2D eigenvalue weighted by Gasteiger charge is 2.33. The van der Waals surface area contributed by atoms with Crippen molar-refractivity contribution in [2.75, 3.05) is 18.5 Å². The first-order chi connectivity index (χ1) is 9.35. The van der Waals surface area contributed by atoms with E-state index in [-0.39, 0.29) is 17.4 Å². The van der Waals surface area contributed by atoms with Gasteiger partial charge in [0.05, 0.1) is 6.61 Å². The molecule has 0 spiro atoms. The van der Waals surface area contributed by atoms with Crippen LogP contribution in [-0.4, -0.2) is 28.2 Å². The van der Waals surface area contributed by atoms with E-state index < -0.39 is 0 Å². The van der Waals surface area contributed by atoms with Crippen LogP contribution >= 0.6 is 15.9 Å². The summed E-state index contributed by atoms with van der Waals surface area (Å²) in [5.74, 6) is 1.65. The largest absolute Gasteiger partial charge is 0.396 e. The van der Waals surface area contributed by atoms with Crippen LogP contribution in [0.5, 0.6) is 0 Å². The molecule has 1 saturated carbocycles. The standard InChI is InChI=1S/C15H24BrN3O/c1-14(2,3)13-18-11(16)8-12(19-13)17-9-15(10-20)6-4-5-7-15/h8,20H,4-7,9-10H2,1-3H3,(H,17,18,19). The number of aromatic nitrogens is 2. The van der Waals surface area contributed by atoms with Gasteiger partial charge in [-0.2, -0.15) is 0 Å². The quantitative estimate of drug-likeness (QED) is 0.823. The fourth-order valence-corrected chi connectivity index (χ4v) is 3.02. The summed E-state index contributed by atoms with van der Waals surface area (Å²) in [7, 11) is 0. The molecule has 0 atom stereocenters. The molecule has 5 heteroatoms. The number of nitrogens with one attached hydrogen (secondary N) is 1. The zero-order chi connectivity index (χ0) is 14.8. The molecule has 1 fully saturated rings. The highest BCUT2D eigenvalue weighted by molar-refractivity contribution is 9.10. The highest BCUT2D eigenvalue weighted by atomic mass is 79.9. The van der Waals surface area contributed by atoms with Crippen LogP contribution in [0.2, 0.25) is 0 Å². The fourth-order valence-electron chi connectivity index (χ4n) is 2.64. The number of halogens is 1. The van der Waals surface area contributed by atoms with Crippen molar-refractivity contribution in [3.05, 3.63) is 16.5 Å². The molecule has 1 aliphatic carbocycles. The van der Waals surface area contributed by atoms with E-state index in [1.54, 1.807) is 0 Å². The SMILES string of the molecule is CC(C)(C)c1nc(Br)cc(NCC2(CO)CCCC2)n1. The molecule has 0 aromatic carbocycles. The van der Waals surface area contributed by atoms with Crippen LogP contribution in [0.25, 0.3) is 0 Å². The van der Waals surface area contributed by atoms with Crippen molar-refractivity contribution in [2.24, 2.45) is 5.41 Å². The number of rotatable bonds is 4. The second-order valence-electron chi connectivity index (χ2n) is 6.87. The Morgan fingerprint density at radius 1 is 1.30 bits per heavy atom. The lowest BCUT2D eigenvalue weighted by Crippen LogP contribution is -2.31. The highest BCUT2D eigenvalue weighted by Crippen LogP contribution is 2.37. The van der Waals surface area contributed by atoms with Crippen molar-refractivity contribution in [2.45, 2.75) is 51.9 Å². The van der Waals surface area contributed by atoms with E-state index in [9.17, 15) is 5.11 Å². The predicted octanol–water partition coefficient (Wildman–Crippen LogP) is 3.50. The van der Waals surface area contributed by atoms with Gasteiger partial charge in [0, 0.05) is 23.4 Å². The molecule has 1 aliphatic rings. The third-order valence-corrected chi connectivity index (χ3v) is 4.42. The smallest absolute Gasteiger partial charge is 0.137 e. The van der Waals surface area contributed by atoms with Crippen LogP contribution in [-0.2, 0) is 5.41 Å². The maximum Gasteiger partial charge on any atom is 0.137 e. The van der Waals surface area contributed by atoms with E-state index >= 15 is 0 Å². The Bertz CT molecular complexity index is 465. The topological polar surface area (TPSA) is 58.0 Å². The Morgan fingerprint density at radius 2 is 1.95 bits per heavy atom. The van der Waals surface area contributed by atoms with Crippen LogP contribution < -0.4 is 5.32 Å². The molecular formula is C15H24BrN3O. The van der Waals surface area contributed by atoms with Crippen molar-refractivity contribution < 1.29 is 5.11 Å². The zero-order valence-corrected chi connectivity index (χ0v) is 14.1. The van der Waals surface area contributed by atoms with Gasteiger partial charge in [-0.1, -0.05) is 33.6 Å². The lowest BCUT2D eigenvalue weighted by Gasteiger charge is -2.27. The van der Waals surface area contributed by atoms with Crippen LogP contribution in [0.15, 0.2) is 10.7 Å². The van der Waals surface area contributed by atoms with Gasteiger partial charge in [-0.3, -0.25) is 0 Å². The van der Waals surface area contributed by atoms with Crippen LogP contribution in [0.1, 0.15) is 52.3 Å². The maximum absolute atomic E-state index is 9.65. The predicted molar refractivity (Wildman–Crippen MR) is 84.9 cm³/mol. The Hall–Kier alpha value is -0.680. The van der Waals surface area contributed by atoms with Gasteiger partial charge >= 0.3 is 0 Å². The number of hydrogen-bond acceptors (Lipinski definition) is 4. The van der Waals surface area contributed by atoms with Gasteiger partial charge in [0.1, 0.15) is 16.2 Å². The first-order valence-corrected chi connectivity index (χ1v) is 8.04. The van der Waals surface area contributed by atoms with Gasteiger partial charge in [0.2, 0.25) is 0 Å². The Labute approximate surface area is 129 Å². The van der Waals surface area contributed by atoms with Gasteiger partial charge in [-0.05, 0) is 28.8 Å². The molecule has 1 heterocycles. The summed E-state index contributed by atoms with van der Waals surface area (Å²) in [6.07, 6.45) is 4.61. The van der Waals surface area contributed by atoms with E-state index in [1.807, 2.05) is 6.07 Å². The molecule has 2 N–H and O–H groups in total. The Balaban J connectivity index is 2.11. The molecule has 0 bridgehead atoms. The molecule has 0 aliphatic heterocycles. The normalized spacial score (nSPS) is 18.2. The number of hydrogen-bond donors (Lipinski definition) is 2. The lowest BCUT2D eigenvalue weighted by molar-refractivity contribution is 0.142. The molecule has 0 amide bonds. The molecule has 0 saturated heterocycles. The minimum Gasteiger partial charge on any atom is -0.396 e. The van der Waals surface area contributed by atoms with Crippen molar-refractivity contribution in [3.8, 4) is 0 Å². The van der Waals surface area contributed by atoms with Crippen molar-refractivity contribution in [1.29, 1.82) is 0 Å². The second kappa shape index (κ2) is 5.98. The second-order valence-corrected chi connectivity index (χ2v) is 7.68. The van der Waals surface area contributed by atoms with Crippen LogP contribution in [0, 0.1) is 5.41 Å². The van der Waals surface area contributed by atoms with E-state index in [4.69, 9.17) is 0 Å². The number of nitrogens with zero attached hydrogens (tertiary/aromatic N) is 2. The molecule has 2 rings (SSSR count). The summed E-state index contributed by atoms with van der Waals surface area (Å²) in [4.78, 5) is 9.04. The van der Waals surface area contributed by atoms with Crippen LogP contribution in [0.3, 0.4) is 0 Å². The van der Waals surface area contributed by atoms with E-state index in [2.05, 4.69) is 52.0 Å². The molecule has 4 nitrogen and oxygen atoms in total. The molecule has 20 heavy (non-hydrogen) atoms. The van der Waals surface area contributed by atoms with Gasteiger partial charge in [0.25, 0.3) is 0 Å². The first kappa shape index (κ1) is 15.7. The van der Waals surface area contributed by atoms with Crippen molar-refractivity contribution in [1.82, 2.24) is 9.97 Å². The minimum atomic E-state index is -0.0811. The summed E-state index contributed by atoms with van der Waals surface area (Å²) in [5, 5.41) is 13.0. The molecule has 1 aromatic heterocycles. The van der Waals surface area contributed by atoms with E-state index in [0.717, 1.165) is 35.6 Å². The average Bonchev–Trinajstić information content (AvgIpc) is 2.84. The first-order valence-electron chi connectivity index (χ1n) is 7.24. The maximum atomic E-state index is 9.65. The molecule has 1 aromatic rings. The van der Waals surface area contributed by atoms with Crippen molar-refractivity contribution in [3.63, 3.8) is 0 Å². The van der Waals surface area contributed by atoms with Gasteiger partial charge in [-0.15, -0.1) is 0 Å². The fraction of sp³-hybridized carbons (Fsp3) is 0.733. The number of aliphatic hydroxyl groups excluding tert-OH is 1. The summed E-state index contributed by atoms with van der Waals surface area (Å²) in [6, 6.07) is 1.90. The van der Waals surface area contributed by atoms with Crippen LogP contribution in [0.4, 0.5) is 5.82 Å². The summed E-state index contributed by atoms with van der Waals surface area (Å²) >= 11 is 3.45. The van der Waals surface area contributed by atoms with Gasteiger partial charge in [0.15, 0.2) is 0 Å². The minimum absolute atomic E-state index is 0.0271. The average molecular weight is 342 g/mol. The van der Waals surface area contributed by atoms with Crippen molar-refractivity contribution >= 4 is 21.7 Å². The number of aliphatic hydroxyl groups is 1. The molecule has 112 valence electrons. The van der Waals surface area contributed by atoms with Gasteiger partial charge < -0.3 is 10.4 Å². The summed E-state index contributed by atoms with van der Waals surface area (Å²) in [6.45, 7) is 7.33. The van der Waals surface area contributed by atoms with E-state index in [0.29, 0.717) is 0 Å². The van der Waals surface area contributed by atoms with E-state index in [1.165, 1.54) is 12.8 Å². The number of anilines is 1. The lowest BCUT2D eigenvalue weighted by atomic mass is 9.87. The molecule has 0 radical (unpaired) electrons. The van der Waals surface area contributed by atoms with Gasteiger partial charge in [-0.25, -0.2) is 9.97 Å². The Morgan fingerprint density at radius 3 is 2.50 bits per heavy atom. The molecule has 0 unspecified atom stereocenters. The summed E-state index contributed by atoms with van der Waals surface area (Å²) in [5.41, 5.74) is -0.0540.